The van der Waals surface area contributed by atoms with Crippen LogP contribution < -0.4 is 14.2 Å². The van der Waals surface area contributed by atoms with E-state index in [1.165, 1.54) is 17.5 Å². The molecule has 0 unspecified atom stereocenters. The van der Waals surface area contributed by atoms with Gasteiger partial charge in [0.2, 0.25) is 0 Å². The number of hydrogen-bond donors (Lipinski definition) is 1. The molecule has 11 heteroatoms. The van der Waals surface area contributed by atoms with Crippen LogP contribution in [0.3, 0.4) is 0 Å². The van der Waals surface area contributed by atoms with Gasteiger partial charge in [0.1, 0.15) is 17.6 Å². The first-order chi connectivity index (χ1) is 16.8. The lowest BCUT2D eigenvalue weighted by molar-refractivity contribution is 0.0584. The predicted octanol–water partition coefficient (Wildman–Crippen LogP) is 3.98. The zero-order valence-corrected chi connectivity index (χ0v) is 21.8. The summed E-state index contributed by atoms with van der Waals surface area (Å²) in [6.07, 6.45) is 3.29. The SMILES string of the molecule is COc1ccccc1C(=O)NS(=O)(=O)N1CCC(N2CCC(Oc3ccc(Cl)c(Cl)c3)CC2)CC1. The molecular formula is C24H29Cl2N3O5S. The van der Waals surface area contributed by atoms with Crippen molar-refractivity contribution in [1.29, 1.82) is 0 Å². The number of carbonyl (C=O) groups is 1. The Kier molecular flexibility index (Phi) is 8.44. The van der Waals surface area contributed by atoms with Crippen LogP contribution in [0.15, 0.2) is 42.5 Å². The molecule has 0 atom stereocenters. The van der Waals surface area contributed by atoms with Crippen LogP contribution in [0.25, 0.3) is 0 Å². The molecule has 0 bridgehead atoms. The minimum atomic E-state index is -3.94. The minimum Gasteiger partial charge on any atom is -0.496 e. The maximum absolute atomic E-state index is 12.8. The fourth-order valence-corrected chi connectivity index (χ4v) is 6.07. The van der Waals surface area contributed by atoms with Crippen LogP contribution in [0.2, 0.25) is 10.0 Å². The molecule has 1 amide bonds. The van der Waals surface area contributed by atoms with E-state index >= 15 is 0 Å². The average molecular weight is 542 g/mol. The Morgan fingerprint density at radius 3 is 2.31 bits per heavy atom. The lowest BCUT2D eigenvalue weighted by Gasteiger charge is -2.41. The fourth-order valence-electron chi connectivity index (χ4n) is 4.62. The van der Waals surface area contributed by atoms with Crippen molar-refractivity contribution in [3.63, 3.8) is 0 Å². The number of ether oxygens (including phenoxy) is 2. The molecule has 2 aliphatic heterocycles. The largest absolute Gasteiger partial charge is 0.496 e. The highest BCUT2D eigenvalue weighted by Gasteiger charge is 2.33. The molecule has 2 aliphatic rings. The van der Waals surface area contributed by atoms with Gasteiger partial charge in [-0.15, -0.1) is 0 Å². The van der Waals surface area contributed by atoms with E-state index in [2.05, 4.69) is 9.62 Å². The number of piperidine rings is 2. The van der Waals surface area contributed by atoms with Crippen molar-refractivity contribution in [2.45, 2.75) is 37.8 Å². The van der Waals surface area contributed by atoms with E-state index in [0.717, 1.165) is 25.9 Å². The number of halogens is 2. The monoisotopic (exact) mass is 541 g/mol. The molecule has 35 heavy (non-hydrogen) atoms. The van der Waals surface area contributed by atoms with E-state index in [9.17, 15) is 13.2 Å². The summed E-state index contributed by atoms with van der Waals surface area (Å²) in [5.41, 5.74) is 0.180. The number of hydrogen-bond acceptors (Lipinski definition) is 6. The smallest absolute Gasteiger partial charge is 0.304 e. The summed E-state index contributed by atoms with van der Waals surface area (Å²) in [5.74, 6) is 0.339. The molecule has 4 rings (SSSR count). The van der Waals surface area contributed by atoms with Crippen molar-refractivity contribution in [3.8, 4) is 11.5 Å². The van der Waals surface area contributed by atoms with E-state index in [1.807, 2.05) is 6.07 Å². The fraction of sp³-hybridized carbons (Fsp3) is 0.458. The molecule has 0 radical (unpaired) electrons. The van der Waals surface area contributed by atoms with Crippen molar-refractivity contribution >= 4 is 39.3 Å². The van der Waals surface area contributed by atoms with E-state index in [1.54, 1.807) is 30.3 Å². The van der Waals surface area contributed by atoms with Crippen molar-refractivity contribution in [1.82, 2.24) is 13.9 Å². The molecule has 0 saturated carbocycles. The maximum Gasteiger partial charge on any atom is 0.304 e. The lowest BCUT2D eigenvalue weighted by Crippen LogP contribution is -2.52. The van der Waals surface area contributed by atoms with Crippen molar-refractivity contribution in [2.75, 3.05) is 33.3 Å². The van der Waals surface area contributed by atoms with Crippen LogP contribution in [-0.2, 0) is 10.2 Å². The Bertz CT molecular complexity index is 1150. The van der Waals surface area contributed by atoms with Crippen LogP contribution in [0.1, 0.15) is 36.0 Å². The number of benzene rings is 2. The number of carbonyl (C=O) groups excluding carboxylic acids is 1. The second-order valence-corrected chi connectivity index (χ2v) is 11.2. The summed E-state index contributed by atoms with van der Waals surface area (Å²) < 4.78 is 40.4. The summed E-state index contributed by atoms with van der Waals surface area (Å²) in [5, 5.41) is 0.976. The maximum atomic E-state index is 12.8. The van der Waals surface area contributed by atoms with E-state index in [0.29, 0.717) is 53.5 Å². The first kappa shape index (κ1) is 26.0. The third kappa shape index (κ3) is 6.40. The number of nitrogens with one attached hydrogen (secondary N) is 1. The number of nitrogens with zero attached hydrogens (tertiary/aromatic N) is 2. The Balaban J connectivity index is 1.25. The Labute approximate surface area is 216 Å². The number of methoxy groups -OCH3 is 1. The highest BCUT2D eigenvalue weighted by Crippen LogP contribution is 2.29. The van der Waals surface area contributed by atoms with Gasteiger partial charge in [0.25, 0.3) is 5.91 Å². The summed E-state index contributed by atoms with van der Waals surface area (Å²) in [4.78, 5) is 15.0. The van der Waals surface area contributed by atoms with Crippen LogP contribution in [0.4, 0.5) is 0 Å². The second kappa shape index (κ2) is 11.3. The van der Waals surface area contributed by atoms with Gasteiger partial charge in [-0.25, -0.2) is 4.72 Å². The molecule has 2 fully saturated rings. The standard InChI is InChI=1S/C24H29Cl2N3O5S/c1-33-23-5-3-2-4-20(23)24(30)27-35(31,32)29-14-8-17(9-15-29)28-12-10-18(11-13-28)34-19-6-7-21(25)22(26)16-19/h2-7,16-18H,8-15H2,1H3,(H,27,30). The molecule has 2 aromatic rings. The van der Waals surface area contributed by atoms with E-state index in [-0.39, 0.29) is 11.7 Å². The average Bonchev–Trinajstić information content (AvgIpc) is 2.86. The zero-order valence-electron chi connectivity index (χ0n) is 19.5. The Hall–Kier alpha value is -2.04. The summed E-state index contributed by atoms with van der Waals surface area (Å²) in [6, 6.07) is 12.1. The topological polar surface area (TPSA) is 88.2 Å². The first-order valence-corrected chi connectivity index (χ1v) is 13.8. The molecule has 0 spiro atoms. The summed E-state index contributed by atoms with van der Waals surface area (Å²) in [7, 11) is -2.50. The zero-order chi connectivity index (χ0) is 25.0. The summed E-state index contributed by atoms with van der Waals surface area (Å²) in [6.45, 7) is 2.49. The van der Waals surface area contributed by atoms with Gasteiger partial charge in [-0.1, -0.05) is 35.3 Å². The third-order valence-electron chi connectivity index (χ3n) is 6.52. The molecule has 2 heterocycles. The van der Waals surface area contributed by atoms with Gasteiger partial charge in [0.05, 0.1) is 22.7 Å². The molecule has 2 saturated heterocycles. The first-order valence-electron chi connectivity index (χ1n) is 11.6. The van der Waals surface area contributed by atoms with Gasteiger partial charge in [0, 0.05) is 38.3 Å². The van der Waals surface area contributed by atoms with Crippen molar-refractivity contribution in [2.24, 2.45) is 0 Å². The third-order valence-corrected chi connectivity index (χ3v) is 8.75. The van der Waals surface area contributed by atoms with Gasteiger partial charge < -0.3 is 14.4 Å². The number of rotatable bonds is 7. The number of amides is 1. The van der Waals surface area contributed by atoms with Crippen LogP contribution >= 0.6 is 23.2 Å². The molecule has 8 nitrogen and oxygen atoms in total. The normalized spacial score (nSPS) is 18.8. The molecule has 2 aromatic carbocycles. The molecule has 0 aliphatic carbocycles. The molecular weight excluding hydrogens is 513 g/mol. The van der Waals surface area contributed by atoms with Gasteiger partial charge in [0.15, 0.2) is 0 Å². The Morgan fingerprint density at radius 1 is 0.971 bits per heavy atom. The molecule has 0 aromatic heterocycles. The summed E-state index contributed by atoms with van der Waals surface area (Å²) >= 11 is 12.0. The highest BCUT2D eigenvalue weighted by atomic mass is 35.5. The molecule has 190 valence electrons. The quantitative estimate of drug-likeness (QED) is 0.570. The van der Waals surface area contributed by atoms with Gasteiger partial charge in [-0.05, 0) is 49.9 Å². The van der Waals surface area contributed by atoms with Gasteiger partial charge in [-0.3, -0.25) is 4.79 Å². The highest BCUT2D eigenvalue weighted by molar-refractivity contribution is 7.87. The molecule has 1 N–H and O–H groups in total. The predicted molar refractivity (Wildman–Crippen MR) is 136 cm³/mol. The van der Waals surface area contributed by atoms with E-state index in [4.69, 9.17) is 32.7 Å². The Morgan fingerprint density at radius 2 is 1.66 bits per heavy atom. The van der Waals surface area contributed by atoms with Crippen molar-refractivity contribution in [3.05, 3.63) is 58.1 Å². The number of likely N-dealkylation sites (tertiary alicyclic amines) is 1. The number of para-hydroxylation sites is 1. The van der Waals surface area contributed by atoms with Crippen LogP contribution in [0, 0.1) is 0 Å². The van der Waals surface area contributed by atoms with Crippen molar-refractivity contribution < 1.29 is 22.7 Å². The van der Waals surface area contributed by atoms with Crippen LogP contribution in [0.5, 0.6) is 11.5 Å². The van der Waals surface area contributed by atoms with Gasteiger partial charge in [-0.2, -0.15) is 12.7 Å². The lowest BCUT2D eigenvalue weighted by atomic mass is 10.00. The second-order valence-electron chi connectivity index (χ2n) is 8.70. The minimum absolute atomic E-state index is 0.106. The van der Waals surface area contributed by atoms with Gasteiger partial charge >= 0.3 is 10.2 Å². The van der Waals surface area contributed by atoms with Crippen LogP contribution in [-0.4, -0.2) is 69.0 Å². The van der Waals surface area contributed by atoms with E-state index < -0.39 is 16.1 Å².